The van der Waals surface area contributed by atoms with E-state index in [4.69, 9.17) is 4.74 Å². The molecule has 1 aliphatic heterocycles. The van der Waals surface area contributed by atoms with Crippen molar-refractivity contribution in [2.24, 2.45) is 4.99 Å². The Hall–Kier alpha value is -2.24. The van der Waals surface area contributed by atoms with Gasteiger partial charge >= 0.3 is 0 Å². The van der Waals surface area contributed by atoms with Gasteiger partial charge in [0, 0.05) is 41.0 Å². The van der Waals surface area contributed by atoms with Crippen LogP contribution in [-0.2, 0) is 4.74 Å². The van der Waals surface area contributed by atoms with Gasteiger partial charge < -0.3 is 9.64 Å². The predicted octanol–water partition coefficient (Wildman–Crippen LogP) is 4.58. The van der Waals surface area contributed by atoms with Gasteiger partial charge in [-0.25, -0.2) is 0 Å². The van der Waals surface area contributed by atoms with E-state index in [9.17, 15) is 0 Å². The van der Waals surface area contributed by atoms with E-state index in [2.05, 4.69) is 55.1 Å². The highest BCUT2D eigenvalue weighted by Crippen LogP contribution is 2.30. The van der Waals surface area contributed by atoms with Crippen molar-refractivity contribution in [2.45, 2.75) is 0 Å². The lowest BCUT2D eigenvalue weighted by Crippen LogP contribution is -2.36. The van der Waals surface area contributed by atoms with E-state index in [1.165, 1.54) is 5.69 Å². The number of rotatable bonds is 3. The normalized spacial score (nSPS) is 15.2. The molecule has 4 rings (SSSR count). The van der Waals surface area contributed by atoms with Crippen LogP contribution in [0.3, 0.4) is 0 Å². The third-order valence-corrected chi connectivity index (χ3v) is 5.01. The van der Waals surface area contributed by atoms with Gasteiger partial charge in [-0.15, -0.1) is 0 Å². The number of benzene rings is 2. The lowest BCUT2D eigenvalue weighted by atomic mass is 10.2. The largest absolute Gasteiger partial charge is 0.378 e. The molecule has 0 N–H and O–H groups in total. The summed E-state index contributed by atoms with van der Waals surface area (Å²) in [6.07, 6.45) is 3.69. The van der Waals surface area contributed by atoms with Crippen LogP contribution in [0.4, 0.5) is 11.4 Å². The number of ether oxygens (including phenoxy) is 1. The Morgan fingerprint density at radius 2 is 1.84 bits per heavy atom. The maximum atomic E-state index is 5.40. The standard InChI is InChI=1S/C20H18BrN3O/c21-18-7-8-19(20-17(18)2-1-9-22-20)23-14-15-3-5-16(6-4-15)24-10-12-25-13-11-24/h1-9,14H,10-13H2. The molecule has 0 radical (unpaired) electrons. The highest BCUT2D eigenvalue weighted by Gasteiger charge is 2.10. The average Bonchev–Trinajstić information content (AvgIpc) is 2.69. The van der Waals surface area contributed by atoms with Gasteiger partial charge in [0.05, 0.1) is 24.4 Å². The van der Waals surface area contributed by atoms with Gasteiger partial charge in [-0.05, 0) is 35.9 Å². The van der Waals surface area contributed by atoms with Crippen LogP contribution >= 0.6 is 15.9 Å². The minimum atomic E-state index is 0.798. The number of morpholine rings is 1. The Morgan fingerprint density at radius 3 is 2.64 bits per heavy atom. The summed E-state index contributed by atoms with van der Waals surface area (Å²) in [5.74, 6) is 0. The molecule has 3 aromatic rings. The summed E-state index contributed by atoms with van der Waals surface area (Å²) in [5.41, 5.74) is 4.08. The van der Waals surface area contributed by atoms with E-state index in [0.717, 1.165) is 52.9 Å². The van der Waals surface area contributed by atoms with Crippen LogP contribution in [0.5, 0.6) is 0 Å². The summed E-state index contributed by atoms with van der Waals surface area (Å²) in [6.45, 7) is 3.49. The van der Waals surface area contributed by atoms with Gasteiger partial charge in [-0.2, -0.15) is 0 Å². The molecule has 1 aromatic heterocycles. The minimum Gasteiger partial charge on any atom is -0.378 e. The number of aliphatic imine (C=N–C) groups is 1. The molecule has 0 atom stereocenters. The molecule has 0 unspecified atom stereocenters. The molecule has 5 heteroatoms. The van der Waals surface area contributed by atoms with E-state index >= 15 is 0 Å². The van der Waals surface area contributed by atoms with Crippen LogP contribution in [0.1, 0.15) is 5.56 Å². The Bertz CT molecular complexity index is 902. The summed E-state index contributed by atoms with van der Waals surface area (Å²) < 4.78 is 6.44. The molecular weight excluding hydrogens is 378 g/mol. The first-order valence-corrected chi connectivity index (χ1v) is 9.11. The van der Waals surface area contributed by atoms with Gasteiger partial charge in [0.15, 0.2) is 0 Å². The third kappa shape index (κ3) is 3.57. The molecule has 2 aromatic carbocycles. The van der Waals surface area contributed by atoms with Crippen LogP contribution in [0, 0.1) is 0 Å². The predicted molar refractivity (Wildman–Crippen MR) is 106 cm³/mol. The van der Waals surface area contributed by atoms with Crippen LogP contribution < -0.4 is 4.90 Å². The van der Waals surface area contributed by atoms with Gasteiger partial charge in [-0.3, -0.25) is 9.98 Å². The number of halogens is 1. The number of aromatic nitrogens is 1. The third-order valence-electron chi connectivity index (χ3n) is 4.32. The fourth-order valence-electron chi connectivity index (χ4n) is 2.96. The summed E-state index contributed by atoms with van der Waals surface area (Å²) in [7, 11) is 0. The highest BCUT2D eigenvalue weighted by atomic mass is 79.9. The molecule has 4 nitrogen and oxygen atoms in total. The van der Waals surface area contributed by atoms with E-state index in [1.54, 1.807) is 6.20 Å². The van der Waals surface area contributed by atoms with Crippen LogP contribution in [0.15, 0.2) is 64.2 Å². The van der Waals surface area contributed by atoms with Crippen LogP contribution in [-0.4, -0.2) is 37.5 Å². The monoisotopic (exact) mass is 395 g/mol. The van der Waals surface area contributed by atoms with E-state index in [0.29, 0.717) is 0 Å². The zero-order chi connectivity index (χ0) is 17.1. The van der Waals surface area contributed by atoms with Gasteiger partial charge in [0.25, 0.3) is 0 Å². The Kier molecular flexibility index (Phi) is 4.76. The second-order valence-corrected chi connectivity index (χ2v) is 6.77. The molecule has 25 heavy (non-hydrogen) atoms. The molecule has 0 amide bonds. The van der Waals surface area contributed by atoms with E-state index in [-0.39, 0.29) is 0 Å². The molecule has 0 spiro atoms. The van der Waals surface area contributed by atoms with Crippen molar-refractivity contribution in [1.29, 1.82) is 0 Å². The lowest BCUT2D eigenvalue weighted by Gasteiger charge is -2.28. The van der Waals surface area contributed by atoms with Crippen LogP contribution in [0.2, 0.25) is 0 Å². The first kappa shape index (κ1) is 16.2. The van der Waals surface area contributed by atoms with Crippen molar-refractivity contribution in [1.82, 2.24) is 4.98 Å². The molecule has 2 heterocycles. The molecule has 1 fully saturated rings. The second-order valence-electron chi connectivity index (χ2n) is 5.92. The fraction of sp³-hybridized carbons (Fsp3) is 0.200. The van der Waals surface area contributed by atoms with Crippen molar-refractivity contribution >= 4 is 44.4 Å². The molecule has 126 valence electrons. The lowest BCUT2D eigenvalue weighted by molar-refractivity contribution is 0.122. The Balaban J connectivity index is 1.57. The number of fused-ring (bicyclic) bond motifs is 1. The van der Waals surface area contributed by atoms with Crippen molar-refractivity contribution in [3.8, 4) is 0 Å². The maximum absolute atomic E-state index is 5.40. The number of hydrogen-bond donors (Lipinski definition) is 0. The Morgan fingerprint density at radius 1 is 1.04 bits per heavy atom. The fourth-order valence-corrected chi connectivity index (χ4v) is 3.42. The summed E-state index contributed by atoms with van der Waals surface area (Å²) in [5, 5.41) is 1.07. The number of hydrogen-bond acceptors (Lipinski definition) is 4. The van der Waals surface area contributed by atoms with E-state index in [1.807, 2.05) is 30.5 Å². The zero-order valence-corrected chi connectivity index (χ0v) is 15.3. The topological polar surface area (TPSA) is 37.7 Å². The number of nitrogens with zero attached hydrogens (tertiary/aromatic N) is 3. The molecule has 0 bridgehead atoms. The summed E-state index contributed by atoms with van der Waals surface area (Å²) in [4.78, 5) is 11.5. The Labute approximate surface area is 155 Å². The average molecular weight is 396 g/mol. The van der Waals surface area contributed by atoms with Gasteiger partial charge in [0.1, 0.15) is 0 Å². The van der Waals surface area contributed by atoms with Crippen molar-refractivity contribution in [3.63, 3.8) is 0 Å². The van der Waals surface area contributed by atoms with Crippen molar-refractivity contribution in [2.75, 3.05) is 31.2 Å². The summed E-state index contributed by atoms with van der Waals surface area (Å²) >= 11 is 3.57. The highest BCUT2D eigenvalue weighted by molar-refractivity contribution is 9.10. The summed E-state index contributed by atoms with van der Waals surface area (Å²) in [6, 6.07) is 16.5. The SMILES string of the molecule is Brc1ccc(N=Cc2ccc(N3CCOCC3)cc2)c2ncccc12. The molecule has 1 aliphatic rings. The quantitative estimate of drug-likeness (QED) is 0.608. The molecule has 0 aliphatic carbocycles. The van der Waals surface area contributed by atoms with Crippen molar-refractivity contribution in [3.05, 3.63) is 64.8 Å². The zero-order valence-electron chi connectivity index (χ0n) is 13.7. The van der Waals surface area contributed by atoms with Gasteiger partial charge in [-0.1, -0.05) is 34.1 Å². The van der Waals surface area contributed by atoms with Crippen LogP contribution in [0.25, 0.3) is 10.9 Å². The molecule has 0 saturated carbocycles. The molecular formula is C20H18BrN3O. The van der Waals surface area contributed by atoms with Crippen molar-refractivity contribution < 1.29 is 4.74 Å². The van der Waals surface area contributed by atoms with E-state index < -0.39 is 0 Å². The maximum Gasteiger partial charge on any atom is 0.0969 e. The van der Waals surface area contributed by atoms with Gasteiger partial charge in [0.2, 0.25) is 0 Å². The number of pyridine rings is 1. The number of anilines is 1. The smallest absolute Gasteiger partial charge is 0.0969 e. The second kappa shape index (κ2) is 7.33. The first-order valence-electron chi connectivity index (χ1n) is 8.31. The first-order chi connectivity index (χ1) is 12.3. The molecule has 1 saturated heterocycles. The minimum absolute atomic E-state index is 0.798.